The summed E-state index contributed by atoms with van der Waals surface area (Å²) in [5.41, 5.74) is 0.287. The first kappa shape index (κ1) is 20.6. The lowest BCUT2D eigenvalue weighted by Crippen LogP contribution is -2.36. The monoisotopic (exact) mass is 400 g/mol. The molecule has 2 aromatic carbocycles. The van der Waals surface area contributed by atoms with Gasteiger partial charge in [0.2, 0.25) is 5.91 Å². The molecule has 8 heteroatoms. The lowest BCUT2D eigenvalue weighted by Gasteiger charge is -2.25. The molecule has 0 saturated heterocycles. The first-order valence-electron chi connectivity index (χ1n) is 9.19. The van der Waals surface area contributed by atoms with Crippen LogP contribution in [0.15, 0.2) is 53.6 Å². The SMILES string of the molecule is CN(C)C(CNC(=O)CCn1cnc2ccccc2c1=O)c1c(F)cccc1F. The molecule has 6 nitrogen and oxygen atoms in total. The van der Waals surface area contributed by atoms with Crippen LogP contribution in [-0.4, -0.2) is 41.0 Å². The van der Waals surface area contributed by atoms with Crippen LogP contribution in [0.4, 0.5) is 8.78 Å². The molecule has 1 N–H and O–H groups in total. The Morgan fingerprint density at radius 2 is 1.83 bits per heavy atom. The molecule has 0 spiro atoms. The zero-order valence-electron chi connectivity index (χ0n) is 16.2. The van der Waals surface area contributed by atoms with E-state index in [0.717, 1.165) is 0 Å². The van der Waals surface area contributed by atoms with Gasteiger partial charge in [-0.25, -0.2) is 13.8 Å². The normalized spacial score (nSPS) is 12.3. The average molecular weight is 400 g/mol. The summed E-state index contributed by atoms with van der Waals surface area (Å²) in [6.45, 7) is 0.192. The quantitative estimate of drug-likeness (QED) is 0.662. The van der Waals surface area contributed by atoms with Crippen LogP contribution in [0.25, 0.3) is 10.9 Å². The third-order valence-electron chi connectivity index (χ3n) is 4.76. The van der Waals surface area contributed by atoms with Gasteiger partial charge in [-0.3, -0.25) is 14.2 Å². The zero-order valence-corrected chi connectivity index (χ0v) is 16.2. The van der Waals surface area contributed by atoms with Gasteiger partial charge >= 0.3 is 0 Å². The number of nitrogens with one attached hydrogen (secondary N) is 1. The maximum absolute atomic E-state index is 14.1. The summed E-state index contributed by atoms with van der Waals surface area (Å²) in [6.07, 6.45) is 1.45. The number of aryl methyl sites for hydroxylation is 1. The maximum atomic E-state index is 14.1. The van der Waals surface area contributed by atoms with Crippen molar-refractivity contribution in [2.24, 2.45) is 0 Å². The van der Waals surface area contributed by atoms with E-state index in [-0.39, 0.29) is 36.5 Å². The summed E-state index contributed by atoms with van der Waals surface area (Å²) in [4.78, 5) is 30.6. The Hall–Kier alpha value is -3.13. The van der Waals surface area contributed by atoms with Crippen molar-refractivity contribution in [1.82, 2.24) is 19.8 Å². The van der Waals surface area contributed by atoms with Crippen LogP contribution in [0.5, 0.6) is 0 Å². The third kappa shape index (κ3) is 4.65. The van der Waals surface area contributed by atoms with Gasteiger partial charge in [0, 0.05) is 25.1 Å². The first-order valence-corrected chi connectivity index (χ1v) is 9.19. The van der Waals surface area contributed by atoms with Gasteiger partial charge in [-0.05, 0) is 38.4 Å². The largest absolute Gasteiger partial charge is 0.354 e. The Morgan fingerprint density at radius 1 is 1.14 bits per heavy atom. The topological polar surface area (TPSA) is 67.2 Å². The number of likely N-dealkylation sites (N-methyl/N-ethyl adjacent to an activating group) is 1. The van der Waals surface area contributed by atoms with Gasteiger partial charge in [0.15, 0.2) is 0 Å². The van der Waals surface area contributed by atoms with E-state index in [1.165, 1.54) is 29.1 Å². The molecule has 0 aliphatic heterocycles. The van der Waals surface area contributed by atoms with Crippen molar-refractivity contribution in [2.45, 2.75) is 19.0 Å². The van der Waals surface area contributed by atoms with Crippen LogP contribution >= 0.6 is 0 Å². The summed E-state index contributed by atoms with van der Waals surface area (Å²) in [5, 5.41) is 3.18. The number of carbonyl (C=O) groups excluding carboxylic acids is 1. The van der Waals surface area contributed by atoms with Gasteiger partial charge in [0.25, 0.3) is 5.56 Å². The standard InChI is InChI=1S/C21H22F2N4O2/c1-26(2)18(20-15(22)7-5-8-16(20)23)12-24-19(28)10-11-27-13-25-17-9-4-3-6-14(17)21(27)29/h3-9,13,18H,10-12H2,1-2H3,(H,24,28). The van der Waals surface area contributed by atoms with Gasteiger partial charge in [-0.2, -0.15) is 0 Å². The number of hydrogen-bond donors (Lipinski definition) is 1. The van der Waals surface area contributed by atoms with Crippen molar-refractivity contribution in [1.29, 1.82) is 0 Å². The van der Waals surface area contributed by atoms with Crippen LogP contribution in [0.2, 0.25) is 0 Å². The van der Waals surface area contributed by atoms with Crippen LogP contribution in [-0.2, 0) is 11.3 Å². The highest BCUT2D eigenvalue weighted by molar-refractivity contribution is 5.77. The summed E-state index contributed by atoms with van der Waals surface area (Å²) < 4.78 is 29.6. The number of fused-ring (bicyclic) bond motifs is 1. The molecule has 1 amide bonds. The Labute approximate surface area is 166 Å². The minimum absolute atomic E-state index is 0.0363. The van der Waals surface area contributed by atoms with Gasteiger partial charge < -0.3 is 10.2 Å². The number of hydrogen-bond acceptors (Lipinski definition) is 4. The van der Waals surface area contributed by atoms with E-state index in [9.17, 15) is 18.4 Å². The highest BCUT2D eigenvalue weighted by atomic mass is 19.1. The molecule has 1 unspecified atom stereocenters. The second-order valence-electron chi connectivity index (χ2n) is 6.93. The Kier molecular flexibility index (Phi) is 6.33. The maximum Gasteiger partial charge on any atom is 0.261 e. The van der Waals surface area contributed by atoms with E-state index in [1.807, 2.05) is 0 Å². The highest BCUT2D eigenvalue weighted by Gasteiger charge is 2.22. The van der Waals surface area contributed by atoms with E-state index >= 15 is 0 Å². The molecule has 152 valence electrons. The zero-order chi connectivity index (χ0) is 21.0. The smallest absolute Gasteiger partial charge is 0.261 e. The van der Waals surface area contributed by atoms with Gasteiger partial charge in [-0.15, -0.1) is 0 Å². The summed E-state index contributed by atoms with van der Waals surface area (Å²) in [5.74, 6) is -1.65. The molecule has 3 rings (SSSR count). The number of para-hydroxylation sites is 1. The van der Waals surface area contributed by atoms with Crippen LogP contribution in [0.1, 0.15) is 18.0 Å². The Bertz CT molecular complexity index is 1060. The van der Waals surface area contributed by atoms with Crippen molar-refractivity contribution < 1.29 is 13.6 Å². The van der Waals surface area contributed by atoms with Crippen molar-refractivity contribution in [3.8, 4) is 0 Å². The number of aromatic nitrogens is 2. The molecule has 0 aliphatic carbocycles. The summed E-state index contributed by atoms with van der Waals surface area (Å²) >= 11 is 0. The molecule has 0 fully saturated rings. The molecular weight excluding hydrogens is 378 g/mol. The molecule has 0 bridgehead atoms. The van der Waals surface area contributed by atoms with E-state index in [2.05, 4.69) is 10.3 Å². The minimum atomic E-state index is -0.662. The Morgan fingerprint density at radius 3 is 2.52 bits per heavy atom. The van der Waals surface area contributed by atoms with Gasteiger partial charge in [0.1, 0.15) is 11.6 Å². The fraction of sp³-hybridized carbons (Fsp3) is 0.286. The average Bonchev–Trinajstić information content (AvgIpc) is 2.69. The third-order valence-corrected chi connectivity index (χ3v) is 4.76. The van der Waals surface area contributed by atoms with E-state index in [1.54, 1.807) is 43.3 Å². The summed E-state index contributed by atoms with van der Waals surface area (Å²) in [6, 6.07) is 10.0. The molecule has 0 saturated carbocycles. The van der Waals surface area contributed by atoms with Crippen molar-refractivity contribution >= 4 is 16.8 Å². The second-order valence-corrected chi connectivity index (χ2v) is 6.93. The number of carbonyl (C=O) groups is 1. The number of amides is 1. The molecule has 3 aromatic rings. The first-order chi connectivity index (χ1) is 13.9. The van der Waals surface area contributed by atoms with Crippen LogP contribution in [0.3, 0.4) is 0 Å². The molecule has 0 aliphatic rings. The van der Waals surface area contributed by atoms with E-state index in [0.29, 0.717) is 10.9 Å². The van der Waals surface area contributed by atoms with Crippen molar-refractivity contribution in [3.05, 3.63) is 76.3 Å². The molecule has 1 heterocycles. The van der Waals surface area contributed by atoms with E-state index < -0.39 is 17.7 Å². The Balaban J connectivity index is 1.65. The van der Waals surface area contributed by atoms with E-state index in [4.69, 9.17) is 0 Å². The van der Waals surface area contributed by atoms with Crippen LogP contribution in [0, 0.1) is 11.6 Å². The molecule has 1 atom stereocenters. The molecule has 0 radical (unpaired) electrons. The predicted molar refractivity (Wildman–Crippen MR) is 106 cm³/mol. The van der Waals surface area contributed by atoms with Crippen molar-refractivity contribution in [3.63, 3.8) is 0 Å². The fourth-order valence-electron chi connectivity index (χ4n) is 3.16. The minimum Gasteiger partial charge on any atom is -0.354 e. The predicted octanol–water partition coefficient (Wildman–Crippen LogP) is 2.48. The van der Waals surface area contributed by atoms with Crippen molar-refractivity contribution in [2.75, 3.05) is 20.6 Å². The molecule has 1 aromatic heterocycles. The number of nitrogens with zero attached hydrogens (tertiary/aromatic N) is 3. The fourth-order valence-corrected chi connectivity index (χ4v) is 3.16. The molecule has 29 heavy (non-hydrogen) atoms. The highest BCUT2D eigenvalue weighted by Crippen LogP contribution is 2.23. The van der Waals surface area contributed by atoms with Gasteiger partial charge in [0.05, 0.1) is 23.3 Å². The van der Waals surface area contributed by atoms with Crippen LogP contribution < -0.4 is 10.9 Å². The number of rotatable bonds is 7. The lowest BCUT2D eigenvalue weighted by molar-refractivity contribution is -0.121. The van der Waals surface area contributed by atoms with Gasteiger partial charge in [-0.1, -0.05) is 18.2 Å². The second kappa shape index (κ2) is 8.91. The number of halogens is 2. The lowest BCUT2D eigenvalue weighted by atomic mass is 10.0. The number of benzene rings is 2. The summed E-state index contributed by atoms with van der Waals surface area (Å²) in [7, 11) is 3.37. The molecular formula is C21H22F2N4O2.